The van der Waals surface area contributed by atoms with Crippen molar-refractivity contribution >= 4 is 17.4 Å². The van der Waals surface area contributed by atoms with E-state index in [1.165, 1.54) is 16.1 Å². The number of pyridine rings is 1. The number of thioether (sulfide) groups is 1. The van der Waals surface area contributed by atoms with Gasteiger partial charge >= 0.3 is 0 Å². The Kier molecular flexibility index (Phi) is 4.45. The summed E-state index contributed by atoms with van der Waals surface area (Å²) < 4.78 is 0. The van der Waals surface area contributed by atoms with Crippen LogP contribution in [0.25, 0.3) is 0 Å². The maximum Gasteiger partial charge on any atom is 0.0340 e. The first-order valence-electron chi connectivity index (χ1n) is 5.74. The molecular weight excluding hydrogens is 228 g/mol. The Morgan fingerprint density at radius 1 is 1.18 bits per heavy atom. The summed E-state index contributed by atoms with van der Waals surface area (Å²) in [5.74, 6) is 0.967. The molecule has 88 valence electrons. The fourth-order valence-corrected chi connectivity index (χ4v) is 2.36. The fourth-order valence-electron chi connectivity index (χ4n) is 1.52. The van der Waals surface area contributed by atoms with Crippen molar-refractivity contribution in [2.45, 2.75) is 17.6 Å². The van der Waals surface area contributed by atoms with Gasteiger partial charge in [0.25, 0.3) is 0 Å². The minimum absolute atomic E-state index is 0.960. The van der Waals surface area contributed by atoms with E-state index in [-0.39, 0.29) is 0 Å². The van der Waals surface area contributed by atoms with E-state index in [1.54, 1.807) is 6.20 Å². The van der Waals surface area contributed by atoms with Crippen LogP contribution in [-0.2, 0) is 5.75 Å². The Balaban J connectivity index is 1.91. The Hall–Kier alpha value is -1.48. The van der Waals surface area contributed by atoms with Crippen molar-refractivity contribution in [2.24, 2.45) is 0 Å². The lowest BCUT2D eigenvalue weighted by molar-refractivity contribution is 1.21. The fraction of sp³-hybridized carbons (Fsp3) is 0.214. The lowest BCUT2D eigenvalue weighted by Crippen LogP contribution is -1.95. The number of benzene rings is 1. The van der Waals surface area contributed by atoms with Crippen LogP contribution in [0.2, 0.25) is 0 Å². The summed E-state index contributed by atoms with van der Waals surface area (Å²) in [4.78, 5) is 5.40. The van der Waals surface area contributed by atoms with Gasteiger partial charge in [-0.1, -0.05) is 6.07 Å². The molecule has 2 rings (SSSR count). The second kappa shape index (κ2) is 6.30. The van der Waals surface area contributed by atoms with Crippen LogP contribution in [0.5, 0.6) is 0 Å². The highest BCUT2D eigenvalue weighted by Crippen LogP contribution is 2.23. The lowest BCUT2D eigenvalue weighted by Gasteiger charge is -2.05. The number of hydrogen-bond donors (Lipinski definition) is 1. The third-order valence-corrected chi connectivity index (χ3v) is 3.45. The maximum atomic E-state index is 4.11. The highest BCUT2D eigenvalue weighted by Gasteiger charge is 1.96. The van der Waals surface area contributed by atoms with E-state index in [2.05, 4.69) is 47.6 Å². The minimum atomic E-state index is 0.960. The summed E-state index contributed by atoms with van der Waals surface area (Å²) in [6.45, 7) is 3.06. The molecule has 3 heteroatoms. The topological polar surface area (TPSA) is 24.9 Å². The van der Waals surface area contributed by atoms with Crippen molar-refractivity contribution in [2.75, 3.05) is 11.9 Å². The van der Waals surface area contributed by atoms with Crippen LogP contribution >= 0.6 is 11.8 Å². The van der Waals surface area contributed by atoms with Crippen molar-refractivity contribution in [1.29, 1.82) is 0 Å². The largest absolute Gasteiger partial charge is 0.385 e. The van der Waals surface area contributed by atoms with E-state index in [1.807, 2.05) is 24.0 Å². The Labute approximate surface area is 106 Å². The summed E-state index contributed by atoms with van der Waals surface area (Å²) in [6, 6.07) is 12.6. The summed E-state index contributed by atoms with van der Waals surface area (Å²) in [5, 5.41) is 3.29. The van der Waals surface area contributed by atoms with Crippen LogP contribution in [-0.4, -0.2) is 11.5 Å². The molecule has 1 N–H and O–H groups in total. The number of aromatic nitrogens is 1. The Morgan fingerprint density at radius 3 is 2.65 bits per heavy atom. The van der Waals surface area contributed by atoms with Gasteiger partial charge in [-0.25, -0.2) is 0 Å². The molecule has 1 aromatic heterocycles. The van der Waals surface area contributed by atoms with Crippen molar-refractivity contribution in [3.05, 3.63) is 54.4 Å². The van der Waals surface area contributed by atoms with Gasteiger partial charge in [0.1, 0.15) is 0 Å². The van der Waals surface area contributed by atoms with Gasteiger partial charge in [0.2, 0.25) is 0 Å². The summed E-state index contributed by atoms with van der Waals surface area (Å²) in [5.41, 5.74) is 2.44. The molecule has 0 bridgehead atoms. The molecule has 0 saturated carbocycles. The second-order valence-electron chi connectivity index (χ2n) is 3.70. The van der Waals surface area contributed by atoms with Crippen LogP contribution in [0.4, 0.5) is 5.69 Å². The predicted octanol–water partition coefficient (Wildman–Crippen LogP) is 3.81. The molecule has 2 aromatic rings. The molecular formula is C14H16N2S. The average Bonchev–Trinajstić information content (AvgIpc) is 2.40. The smallest absolute Gasteiger partial charge is 0.0340 e. The predicted molar refractivity (Wildman–Crippen MR) is 74.4 cm³/mol. The normalized spacial score (nSPS) is 10.2. The van der Waals surface area contributed by atoms with Gasteiger partial charge in [0, 0.05) is 35.3 Å². The average molecular weight is 244 g/mol. The molecule has 0 aliphatic heterocycles. The standard InChI is InChI=1S/C14H16N2S/c1-2-16-13-5-7-14(8-6-13)17-11-12-4-3-9-15-10-12/h3-10,16H,2,11H2,1H3. The van der Waals surface area contributed by atoms with Crippen LogP contribution in [0.3, 0.4) is 0 Å². The van der Waals surface area contributed by atoms with Gasteiger partial charge in [0.15, 0.2) is 0 Å². The van der Waals surface area contributed by atoms with E-state index in [0.717, 1.165) is 12.3 Å². The monoisotopic (exact) mass is 244 g/mol. The molecule has 0 unspecified atom stereocenters. The molecule has 0 fully saturated rings. The van der Waals surface area contributed by atoms with E-state index < -0.39 is 0 Å². The zero-order valence-electron chi connectivity index (χ0n) is 9.89. The number of hydrogen-bond acceptors (Lipinski definition) is 3. The molecule has 0 saturated heterocycles. The van der Waals surface area contributed by atoms with Gasteiger partial charge in [-0.05, 0) is 42.8 Å². The molecule has 1 heterocycles. The van der Waals surface area contributed by atoms with Gasteiger partial charge in [-0.3, -0.25) is 4.98 Å². The lowest BCUT2D eigenvalue weighted by atomic mass is 10.3. The SMILES string of the molecule is CCNc1ccc(SCc2cccnc2)cc1. The maximum absolute atomic E-state index is 4.11. The van der Waals surface area contributed by atoms with Crippen LogP contribution in [0.1, 0.15) is 12.5 Å². The van der Waals surface area contributed by atoms with Crippen LogP contribution < -0.4 is 5.32 Å². The first-order valence-corrected chi connectivity index (χ1v) is 6.72. The highest BCUT2D eigenvalue weighted by molar-refractivity contribution is 7.98. The van der Waals surface area contributed by atoms with Crippen molar-refractivity contribution < 1.29 is 0 Å². The highest BCUT2D eigenvalue weighted by atomic mass is 32.2. The van der Waals surface area contributed by atoms with E-state index in [0.29, 0.717) is 0 Å². The van der Waals surface area contributed by atoms with E-state index in [4.69, 9.17) is 0 Å². The first-order chi connectivity index (χ1) is 8.38. The molecule has 0 amide bonds. The van der Waals surface area contributed by atoms with Crippen molar-refractivity contribution in [1.82, 2.24) is 4.98 Å². The number of nitrogens with one attached hydrogen (secondary N) is 1. The molecule has 17 heavy (non-hydrogen) atoms. The number of anilines is 1. The van der Waals surface area contributed by atoms with Gasteiger partial charge in [0.05, 0.1) is 0 Å². The molecule has 0 spiro atoms. The molecule has 0 aliphatic rings. The summed E-state index contributed by atoms with van der Waals surface area (Å²) >= 11 is 1.83. The zero-order valence-corrected chi connectivity index (χ0v) is 10.7. The molecule has 0 aliphatic carbocycles. The second-order valence-corrected chi connectivity index (χ2v) is 4.75. The van der Waals surface area contributed by atoms with Gasteiger partial charge < -0.3 is 5.32 Å². The zero-order chi connectivity index (χ0) is 11.9. The number of rotatable bonds is 5. The van der Waals surface area contributed by atoms with Crippen LogP contribution in [0, 0.1) is 0 Å². The third kappa shape index (κ3) is 3.79. The first kappa shape index (κ1) is 12.0. The third-order valence-electron chi connectivity index (χ3n) is 2.36. The van der Waals surface area contributed by atoms with Gasteiger partial charge in [-0.2, -0.15) is 0 Å². The van der Waals surface area contributed by atoms with Crippen molar-refractivity contribution in [3.63, 3.8) is 0 Å². The van der Waals surface area contributed by atoms with Crippen molar-refractivity contribution in [3.8, 4) is 0 Å². The molecule has 0 atom stereocenters. The minimum Gasteiger partial charge on any atom is -0.385 e. The quantitative estimate of drug-likeness (QED) is 0.810. The summed E-state index contributed by atoms with van der Waals surface area (Å²) in [7, 11) is 0. The Bertz CT molecular complexity index is 440. The molecule has 0 radical (unpaired) electrons. The van der Waals surface area contributed by atoms with Crippen LogP contribution in [0.15, 0.2) is 53.7 Å². The van der Waals surface area contributed by atoms with Gasteiger partial charge in [-0.15, -0.1) is 11.8 Å². The molecule has 2 nitrogen and oxygen atoms in total. The summed E-state index contributed by atoms with van der Waals surface area (Å²) in [6.07, 6.45) is 3.72. The van der Waals surface area contributed by atoms with E-state index >= 15 is 0 Å². The van der Waals surface area contributed by atoms with E-state index in [9.17, 15) is 0 Å². The Morgan fingerprint density at radius 2 is 2.00 bits per heavy atom. The number of nitrogens with zero attached hydrogens (tertiary/aromatic N) is 1. The molecule has 1 aromatic carbocycles.